The molecule has 156 valence electrons. The number of benzene rings is 2. The number of likely N-dealkylation sites (tertiary alicyclic amines) is 1. The topological polar surface area (TPSA) is 79.1 Å². The number of hydrogen-bond donors (Lipinski definition) is 2. The van der Waals surface area contributed by atoms with E-state index in [-0.39, 0.29) is 18.3 Å². The second kappa shape index (κ2) is 7.91. The van der Waals surface area contributed by atoms with Gasteiger partial charge < -0.3 is 14.7 Å². The van der Waals surface area contributed by atoms with Gasteiger partial charge in [0.05, 0.1) is 35.2 Å². The molecule has 1 saturated heterocycles. The first kappa shape index (κ1) is 19.4. The number of fused-ring (bicyclic) bond motifs is 2. The molecule has 3 heterocycles. The van der Waals surface area contributed by atoms with Gasteiger partial charge in [0.2, 0.25) is 0 Å². The third kappa shape index (κ3) is 3.43. The summed E-state index contributed by atoms with van der Waals surface area (Å²) < 4.78 is 3.97. The average molecular weight is 426 g/mol. The summed E-state index contributed by atoms with van der Waals surface area (Å²) in [6, 6.07) is 13.7. The van der Waals surface area contributed by atoms with Gasteiger partial charge in [0, 0.05) is 30.7 Å². The standard InChI is InChI=1S/C22H24ClN5O2/c23-15-5-6-18-20(13-15)27(11-12-29)21(24-18)14-26-9-7-16(8-10-26)28-19-4-2-1-3-17(19)25-22(28)30/h1-6,13,16,29H,7-12,14H2,(H,25,30). The fraction of sp³-hybridized carbons (Fsp3) is 0.364. The van der Waals surface area contributed by atoms with Crippen LogP contribution in [0.1, 0.15) is 24.7 Å². The Bertz CT molecular complexity index is 1250. The van der Waals surface area contributed by atoms with E-state index >= 15 is 0 Å². The van der Waals surface area contributed by atoms with Crippen molar-refractivity contribution < 1.29 is 5.11 Å². The predicted molar refractivity (Wildman–Crippen MR) is 118 cm³/mol. The van der Waals surface area contributed by atoms with Gasteiger partial charge in [-0.2, -0.15) is 0 Å². The van der Waals surface area contributed by atoms with Crippen molar-refractivity contribution >= 4 is 33.7 Å². The Morgan fingerprint density at radius 1 is 1.13 bits per heavy atom. The molecule has 5 rings (SSSR count). The van der Waals surface area contributed by atoms with E-state index in [1.807, 2.05) is 47.0 Å². The Hall–Kier alpha value is -2.61. The summed E-state index contributed by atoms with van der Waals surface area (Å²) in [6.45, 7) is 3.03. The Kier molecular flexibility index (Phi) is 5.10. The summed E-state index contributed by atoms with van der Waals surface area (Å²) in [5.41, 5.74) is 3.68. The van der Waals surface area contributed by atoms with Gasteiger partial charge in [-0.05, 0) is 43.2 Å². The average Bonchev–Trinajstić information content (AvgIpc) is 3.25. The third-order valence-electron chi connectivity index (χ3n) is 6.02. The van der Waals surface area contributed by atoms with E-state index < -0.39 is 0 Å². The van der Waals surface area contributed by atoms with Crippen LogP contribution in [-0.4, -0.2) is 48.8 Å². The molecule has 0 radical (unpaired) electrons. The van der Waals surface area contributed by atoms with Crippen molar-refractivity contribution in [1.82, 2.24) is 24.0 Å². The highest BCUT2D eigenvalue weighted by Gasteiger charge is 2.25. The highest BCUT2D eigenvalue weighted by molar-refractivity contribution is 6.31. The van der Waals surface area contributed by atoms with Crippen molar-refractivity contribution in [3.63, 3.8) is 0 Å². The molecule has 1 aliphatic rings. The Morgan fingerprint density at radius 3 is 2.73 bits per heavy atom. The van der Waals surface area contributed by atoms with Crippen LogP contribution in [0.3, 0.4) is 0 Å². The number of para-hydroxylation sites is 2. The van der Waals surface area contributed by atoms with Crippen LogP contribution in [0.25, 0.3) is 22.1 Å². The molecule has 2 aromatic heterocycles. The summed E-state index contributed by atoms with van der Waals surface area (Å²) in [5.74, 6) is 0.934. The first-order chi connectivity index (χ1) is 14.6. The number of halogens is 1. The smallest absolute Gasteiger partial charge is 0.326 e. The van der Waals surface area contributed by atoms with Crippen LogP contribution in [0.5, 0.6) is 0 Å². The second-order valence-corrected chi connectivity index (χ2v) is 8.30. The summed E-state index contributed by atoms with van der Waals surface area (Å²) in [6.07, 6.45) is 1.82. The van der Waals surface area contributed by atoms with Gasteiger partial charge in [0.25, 0.3) is 0 Å². The first-order valence-corrected chi connectivity index (χ1v) is 10.7. The van der Waals surface area contributed by atoms with E-state index in [0.29, 0.717) is 18.1 Å². The summed E-state index contributed by atoms with van der Waals surface area (Å²) in [5, 5.41) is 10.2. The lowest BCUT2D eigenvalue weighted by Gasteiger charge is -2.32. The van der Waals surface area contributed by atoms with Gasteiger partial charge in [0.15, 0.2) is 0 Å². The number of nitrogens with zero attached hydrogens (tertiary/aromatic N) is 4. The number of piperidine rings is 1. The number of H-pyrrole nitrogens is 1. The molecule has 0 aliphatic carbocycles. The molecule has 0 saturated carbocycles. The number of nitrogens with one attached hydrogen (secondary N) is 1. The molecule has 4 aromatic rings. The molecule has 1 fully saturated rings. The summed E-state index contributed by atoms with van der Waals surface area (Å²) >= 11 is 6.17. The molecule has 1 aliphatic heterocycles. The number of aromatic amines is 1. The Labute approximate surface area is 178 Å². The van der Waals surface area contributed by atoms with Crippen molar-refractivity contribution in [2.75, 3.05) is 19.7 Å². The summed E-state index contributed by atoms with van der Waals surface area (Å²) in [7, 11) is 0. The minimum atomic E-state index is -0.0312. The molecular weight excluding hydrogens is 402 g/mol. The lowest BCUT2D eigenvalue weighted by atomic mass is 10.0. The molecule has 0 spiro atoms. The predicted octanol–water partition coefficient (Wildman–Crippen LogP) is 3.16. The van der Waals surface area contributed by atoms with E-state index in [4.69, 9.17) is 16.6 Å². The minimum Gasteiger partial charge on any atom is -0.395 e. The lowest BCUT2D eigenvalue weighted by molar-refractivity contribution is 0.173. The molecule has 8 heteroatoms. The molecule has 0 atom stereocenters. The number of aromatic nitrogens is 4. The fourth-order valence-corrected chi connectivity index (χ4v) is 4.75. The van der Waals surface area contributed by atoms with Crippen LogP contribution in [0.4, 0.5) is 0 Å². The zero-order valence-electron chi connectivity index (χ0n) is 16.6. The van der Waals surface area contributed by atoms with Crippen LogP contribution in [0, 0.1) is 0 Å². The van der Waals surface area contributed by atoms with Gasteiger partial charge in [-0.15, -0.1) is 0 Å². The van der Waals surface area contributed by atoms with Crippen molar-refractivity contribution in [2.45, 2.75) is 32.0 Å². The maximum absolute atomic E-state index is 12.5. The highest BCUT2D eigenvalue weighted by atomic mass is 35.5. The monoisotopic (exact) mass is 425 g/mol. The van der Waals surface area contributed by atoms with Crippen LogP contribution in [0.2, 0.25) is 5.02 Å². The molecule has 0 bridgehead atoms. The van der Waals surface area contributed by atoms with Gasteiger partial charge in [-0.1, -0.05) is 23.7 Å². The lowest BCUT2D eigenvalue weighted by Crippen LogP contribution is -2.37. The minimum absolute atomic E-state index is 0.0312. The highest BCUT2D eigenvalue weighted by Crippen LogP contribution is 2.27. The van der Waals surface area contributed by atoms with Gasteiger partial charge >= 0.3 is 5.69 Å². The normalized spacial score (nSPS) is 16.1. The zero-order valence-corrected chi connectivity index (χ0v) is 17.3. The fourth-order valence-electron chi connectivity index (χ4n) is 4.59. The van der Waals surface area contributed by atoms with Crippen molar-refractivity contribution in [3.8, 4) is 0 Å². The van der Waals surface area contributed by atoms with Crippen LogP contribution < -0.4 is 5.69 Å². The van der Waals surface area contributed by atoms with Crippen molar-refractivity contribution in [2.24, 2.45) is 0 Å². The van der Waals surface area contributed by atoms with Crippen LogP contribution in [0.15, 0.2) is 47.3 Å². The molecular formula is C22H24ClN5O2. The number of rotatable bonds is 5. The first-order valence-electron chi connectivity index (χ1n) is 10.3. The Balaban J connectivity index is 1.35. The maximum atomic E-state index is 12.5. The maximum Gasteiger partial charge on any atom is 0.326 e. The van der Waals surface area contributed by atoms with Crippen molar-refractivity contribution in [3.05, 3.63) is 63.8 Å². The molecule has 7 nitrogen and oxygen atoms in total. The van der Waals surface area contributed by atoms with Gasteiger partial charge in [-0.3, -0.25) is 9.47 Å². The molecule has 0 amide bonds. The SMILES string of the molecule is O=c1[nH]c2ccccc2n1C1CCN(Cc2nc3ccc(Cl)cc3n2CCO)CC1. The number of imidazole rings is 2. The van der Waals surface area contributed by atoms with Crippen molar-refractivity contribution in [1.29, 1.82) is 0 Å². The van der Waals surface area contributed by atoms with Gasteiger partial charge in [-0.25, -0.2) is 9.78 Å². The number of hydrogen-bond acceptors (Lipinski definition) is 4. The zero-order chi connectivity index (χ0) is 20.7. The summed E-state index contributed by atoms with van der Waals surface area (Å²) in [4.78, 5) is 22.6. The number of aliphatic hydroxyl groups is 1. The van der Waals surface area contributed by atoms with E-state index in [9.17, 15) is 9.90 Å². The molecule has 0 unspecified atom stereocenters. The quantitative estimate of drug-likeness (QED) is 0.514. The Morgan fingerprint density at radius 2 is 1.93 bits per heavy atom. The molecule has 2 N–H and O–H groups in total. The second-order valence-electron chi connectivity index (χ2n) is 7.86. The van der Waals surface area contributed by atoms with E-state index in [1.165, 1.54) is 0 Å². The third-order valence-corrected chi connectivity index (χ3v) is 6.26. The van der Waals surface area contributed by atoms with Gasteiger partial charge in [0.1, 0.15) is 5.82 Å². The molecule has 30 heavy (non-hydrogen) atoms. The van der Waals surface area contributed by atoms with E-state index in [0.717, 1.165) is 53.8 Å². The molecule has 2 aromatic carbocycles. The largest absolute Gasteiger partial charge is 0.395 e. The number of aliphatic hydroxyl groups excluding tert-OH is 1. The van der Waals surface area contributed by atoms with E-state index in [1.54, 1.807) is 0 Å². The van der Waals surface area contributed by atoms with E-state index in [2.05, 4.69) is 14.5 Å². The van der Waals surface area contributed by atoms with Crippen LogP contribution >= 0.6 is 11.6 Å². The van der Waals surface area contributed by atoms with Crippen LogP contribution in [-0.2, 0) is 13.1 Å².